The van der Waals surface area contributed by atoms with E-state index in [2.05, 4.69) is 21.2 Å². The number of halogens is 1. The van der Waals surface area contributed by atoms with Crippen LogP contribution in [-0.2, 0) is 4.79 Å². The van der Waals surface area contributed by atoms with Crippen molar-refractivity contribution in [2.45, 2.75) is 38.6 Å². The van der Waals surface area contributed by atoms with Gasteiger partial charge >= 0.3 is 0 Å². The normalized spacial score (nSPS) is 15.7. The zero-order chi connectivity index (χ0) is 13.0. The molecule has 0 spiro atoms. The Morgan fingerprint density at radius 1 is 1.44 bits per heavy atom. The van der Waals surface area contributed by atoms with Crippen molar-refractivity contribution in [1.29, 1.82) is 0 Å². The van der Waals surface area contributed by atoms with E-state index in [9.17, 15) is 4.79 Å². The minimum Gasteiger partial charge on any atom is -0.483 e. The first-order valence-electron chi connectivity index (χ1n) is 6.33. The smallest absolute Gasteiger partial charge is 0.258 e. The zero-order valence-electron chi connectivity index (χ0n) is 10.5. The number of hydrogen-bond acceptors (Lipinski definition) is 2. The molecule has 0 aromatic heterocycles. The fraction of sp³-hybridized carbons (Fsp3) is 0.500. The first kappa shape index (κ1) is 13.4. The molecule has 1 N–H and O–H groups in total. The highest BCUT2D eigenvalue weighted by Gasteiger charge is 2.17. The third-order valence-electron chi connectivity index (χ3n) is 3.23. The third-order valence-corrected chi connectivity index (χ3v) is 3.72. The monoisotopic (exact) mass is 311 g/mol. The molecular formula is C14H18BrNO2. The predicted octanol–water partition coefficient (Wildman–Crippen LogP) is 3.20. The summed E-state index contributed by atoms with van der Waals surface area (Å²) in [5.74, 6) is 0.729. The lowest BCUT2D eigenvalue weighted by Gasteiger charge is -2.13. The molecule has 18 heavy (non-hydrogen) atoms. The van der Waals surface area contributed by atoms with Crippen LogP contribution in [0.3, 0.4) is 0 Å². The topological polar surface area (TPSA) is 38.3 Å². The molecule has 1 aliphatic rings. The second-order valence-electron chi connectivity index (χ2n) is 4.75. The maximum Gasteiger partial charge on any atom is 0.258 e. The molecule has 0 aliphatic heterocycles. The number of nitrogens with one attached hydrogen (secondary N) is 1. The van der Waals surface area contributed by atoms with E-state index >= 15 is 0 Å². The summed E-state index contributed by atoms with van der Waals surface area (Å²) in [6, 6.07) is 6.16. The summed E-state index contributed by atoms with van der Waals surface area (Å²) in [4.78, 5) is 11.7. The zero-order valence-corrected chi connectivity index (χ0v) is 12.1. The summed E-state index contributed by atoms with van der Waals surface area (Å²) in [5, 5.41) is 3.01. The van der Waals surface area contributed by atoms with E-state index in [4.69, 9.17) is 4.74 Å². The fourth-order valence-electron chi connectivity index (χ4n) is 2.21. The minimum atomic E-state index is -0.0266. The van der Waals surface area contributed by atoms with Crippen LogP contribution in [0.4, 0.5) is 0 Å². The van der Waals surface area contributed by atoms with Crippen LogP contribution in [0, 0.1) is 6.92 Å². The Bertz CT molecular complexity index is 428. The van der Waals surface area contributed by atoms with Gasteiger partial charge in [-0.25, -0.2) is 0 Å². The van der Waals surface area contributed by atoms with E-state index in [1.165, 1.54) is 12.8 Å². The van der Waals surface area contributed by atoms with Gasteiger partial charge in [0.15, 0.2) is 6.61 Å². The van der Waals surface area contributed by atoms with Crippen molar-refractivity contribution >= 4 is 21.8 Å². The Balaban J connectivity index is 1.83. The summed E-state index contributed by atoms with van der Waals surface area (Å²) in [6.45, 7) is 2.06. The average Bonchev–Trinajstić information content (AvgIpc) is 2.83. The molecule has 98 valence electrons. The Morgan fingerprint density at radius 2 is 2.17 bits per heavy atom. The largest absolute Gasteiger partial charge is 0.483 e. The maximum atomic E-state index is 11.7. The van der Waals surface area contributed by atoms with Crippen molar-refractivity contribution in [2.75, 3.05) is 6.61 Å². The molecule has 0 unspecified atom stereocenters. The van der Waals surface area contributed by atoms with E-state index in [-0.39, 0.29) is 12.5 Å². The summed E-state index contributed by atoms with van der Waals surface area (Å²) < 4.78 is 6.51. The number of carbonyl (C=O) groups is 1. The molecule has 0 bridgehead atoms. The number of hydrogen-bond donors (Lipinski definition) is 1. The third kappa shape index (κ3) is 3.73. The maximum absolute atomic E-state index is 11.7. The summed E-state index contributed by atoms with van der Waals surface area (Å²) >= 11 is 3.39. The van der Waals surface area contributed by atoms with Crippen molar-refractivity contribution in [3.8, 4) is 5.75 Å². The summed E-state index contributed by atoms with van der Waals surface area (Å²) in [5.41, 5.74) is 1.03. The fourth-order valence-corrected chi connectivity index (χ4v) is 2.55. The first-order chi connectivity index (χ1) is 8.65. The van der Waals surface area contributed by atoms with Gasteiger partial charge in [0, 0.05) is 10.5 Å². The van der Waals surface area contributed by atoms with Gasteiger partial charge in [-0.15, -0.1) is 0 Å². The van der Waals surface area contributed by atoms with Crippen molar-refractivity contribution in [3.63, 3.8) is 0 Å². The lowest BCUT2D eigenvalue weighted by Crippen LogP contribution is -2.36. The number of carbonyl (C=O) groups excluding carboxylic acids is 1. The second-order valence-corrected chi connectivity index (χ2v) is 5.66. The van der Waals surface area contributed by atoms with Gasteiger partial charge in [-0.05, 0) is 37.5 Å². The molecule has 1 fully saturated rings. The molecule has 0 radical (unpaired) electrons. The van der Waals surface area contributed by atoms with Crippen molar-refractivity contribution in [2.24, 2.45) is 0 Å². The Hall–Kier alpha value is -1.03. The molecule has 0 atom stereocenters. The second kappa shape index (κ2) is 6.23. The minimum absolute atomic E-state index is 0.0266. The quantitative estimate of drug-likeness (QED) is 0.927. The summed E-state index contributed by atoms with van der Waals surface area (Å²) in [6.07, 6.45) is 4.64. The Morgan fingerprint density at radius 3 is 2.89 bits per heavy atom. The molecule has 1 amide bonds. The van der Waals surface area contributed by atoms with Crippen LogP contribution in [-0.4, -0.2) is 18.6 Å². The van der Waals surface area contributed by atoms with Crippen LogP contribution in [0.2, 0.25) is 0 Å². The highest BCUT2D eigenvalue weighted by atomic mass is 79.9. The van der Waals surface area contributed by atoms with E-state index in [0.717, 1.165) is 28.6 Å². The van der Waals surface area contributed by atoms with Gasteiger partial charge in [0.2, 0.25) is 0 Å². The van der Waals surface area contributed by atoms with Gasteiger partial charge in [-0.2, -0.15) is 0 Å². The van der Waals surface area contributed by atoms with Gasteiger partial charge < -0.3 is 10.1 Å². The number of benzene rings is 1. The Labute approximate surface area is 116 Å². The molecule has 4 heteroatoms. The number of ether oxygens (including phenoxy) is 1. The summed E-state index contributed by atoms with van der Waals surface area (Å²) in [7, 11) is 0. The highest BCUT2D eigenvalue weighted by Crippen LogP contribution is 2.23. The molecule has 3 nitrogen and oxygen atoms in total. The number of amides is 1. The molecular weight excluding hydrogens is 294 g/mol. The van der Waals surface area contributed by atoms with E-state index in [1.807, 2.05) is 25.1 Å². The molecule has 1 aliphatic carbocycles. The van der Waals surface area contributed by atoms with Gasteiger partial charge in [-0.1, -0.05) is 34.8 Å². The molecule has 1 saturated carbocycles. The van der Waals surface area contributed by atoms with E-state index in [1.54, 1.807) is 0 Å². The van der Waals surface area contributed by atoms with Crippen LogP contribution in [0.15, 0.2) is 22.7 Å². The standard InChI is InChI=1S/C14H18BrNO2/c1-10-6-7-11(15)8-13(10)18-9-14(17)16-12-4-2-3-5-12/h6-8,12H,2-5,9H2,1H3,(H,16,17). The average molecular weight is 312 g/mol. The van der Waals surface area contributed by atoms with E-state index in [0.29, 0.717) is 6.04 Å². The number of aryl methyl sites for hydroxylation is 1. The van der Waals surface area contributed by atoms with Gasteiger partial charge in [0.25, 0.3) is 5.91 Å². The molecule has 1 aromatic carbocycles. The molecule has 1 aromatic rings. The Kier molecular flexibility index (Phi) is 4.64. The van der Waals surface area contributed by atoms with Crippen LogP contribution in [0.5, 0.6) is 5.75 Å². The highest BCUT2D eigenvalue weighted by molar-refractivity contribution is 9.10. The molecule has 0 heterocycles. The van der Waals surface area contributed by atoms with Crippen molar-refractivity contribution in [3.05, 3.63) is 28.2 Å². The van der Waals surface area contributed by atoms with Gasteiger partial charge in [-0.3, -0.25) is 4.79 Å². The van der Waals surface area contributed by atoms with Crippen molar-refractivity contribution in [1.82, 2.24) is 5.32 Å². The number of rotatable bonds is 4. The van der Waals surface area contributed by atoms with Crippen LogP contribution < -0.4 is 10.1 Å². The van der Waals surface area contributed by atoms with Gasteiger partial charge in [0.1, 0.15) is 5.75 Å². The van der Waals surface area contributed by atoms with Crippen LogP contribution >= 0.6 is 15.9 Å². The van der Waals surface area contributed by atoms with Crippen LogP contribution in [0.1, 0.15) is 31.2 Å². The first-order valence-corrected chi connectivity index (χ1v) is 7.13. The lowest BCUT2D eigenvalue weighted by molar-refractivity contribution is -0.123. The van der Waals surface area contributed by atoms with E-state index < -0.39 is 0 Å². The van der Waals surface area contributed by atoms with Gasteiger partial charge in [0.05, 0.1) is 0 Å². The molecule has 2 rings (SSSR count). The predicted molar refractivity (Wildman–Crippen MR) is 74.8 cm³/mol. The lowest BCUT2D eigenvalue weighted by atomic mass is 10.2. The van der Waals surface area contributed by atoms with Crippen molar-refractivity contribution < 1.29 is 9.53 Å². The molecule has 0 saturated heterocycles. The van der Waals surface area contributed by atoms with Crippen LogP contribution in [0.25, 0.3) is 0 Å². The SMILES string of the molecule is Cc1ccc(Br)cc1OCC(=O)NC1CCCC1.